The molecule has 1 unspecified atom stereocenters. The smallest absolute Gasteiger partial charge is 0.348 e. The van der Waals surface area contributed by atoms with Crippen molar-refractivity contribution in [1.29, 1.82) is 0 Å². The van der Waals surface area contributed by atoms with E-state index in [9.17, 15) is 4.79 Å². The molecule has 0 saturated heterocycles. The summed E-state index contributed by atoms with van der Waals surface area (Å²) in [4.78, 5) is 11.0. The standard InChI is InChI=1S/C7H9BrO3/c1-4-3-5(10-2)6(8)7(9)11-4/h4H,3H2,1-2H3. The molecular formula is C7H9BrO3. The lowest BCUT2D eigenvalue weighted by Crippen LogP contribution is -2.22. The van der Waals surface area contributed by atoms with Crippen LogP contribution in [0.3, 0.4) is 0 Å². The van der Waals surface area contributed by atoms with E-state index in [0.29, 0.717) is 16.7 Å². The molecule has 0 radical (unpaired) electrons. The fraction of sp³-hybridized carbons (Fsp3) is 0.571. The molecule has 0 aliphatic carbocycles. The molecule has 11 heavy (non-hydrogen) atoms. The van der Waals surface area contributed by atoms with E-state index in [0.717, 1.165) is 0 Å². The first kappa shape index (κ1) is 8.59. The molecule has 62 valence electrons. The van der Waals surface area contributed by atoms with Crippen molar-refractivity contribution in [2.75, 3.05) is 7.11 Å². The molecular weight excluding hydrogens is 212 g/mol. The van der Waals surface area contributed by atoms with Gasteiger partial charge in [-0.1, -0.05) is 0 Å². The van der Waals surface area contributed by atoms with Gasteiger partial charge in [-0.3, -0.25) is 0 Å². The number of hydrogen-bond acceptors (Lipinski definition) is 3. The third-order valence-electron chi connectivity index (χ3n) is 1.45. The van der Waals surface area contributed by atoms with Gasteiger partial charge < -0.3 is 9.47 Å². The van der Waals surface area contributed by atoms with Gasteiger partial charge in [0.25, 0.3) is 0 Å². The second-order valence-electron chi connectivity index (χ2n) is 2.36. The molecule has 3 nitrogen and oxygen atoms in total. The molecule has 1 aliphatic heterocycles. The Morgan fingerprint density at radius 2 is 2.36 bits per heavy atom. The molecule has 1 rings (SSSR count). The van der Waals surface area contributed by atoms with Gasteiger partial charge in [0, 0.05) is 6.42 Å². The van der Waals surface area contributed by atoms with Crippen molar-refractivity contribution in [3.63, 3.8) is 0 Å². The topological polar surface area (TPSA) is 35.5 Å². The molecule has 0 fully saturated rings. The zero-order chi connectivity index (χ0) is 8.43. The average Bonchev–Trinajstić information content (AvgIpc) is 1.96. The van der Waals surface area contributed by atoms with Gasteiger partial charge in [0.2, 0.25) is 0 Å². The minimum absolute atomic E-state index is 0.0845. The van der Waals surface area contributed by atoms with E-state index in [1.807, 2.05) is 6.92 Å². The van der Waals surface area contributed by atoms with Gasteiger partial charge in [0.1, 0.15) is 16.3 Å². The summed E-state index contributed by atoms with van der Waals surface area (Å²) in [6, 6.07) is 0. The molecule has 0 aromatic rings. The van der Waals surface area contributed by atoms with Crippen LogP contribution in [0, 0.1) is 0 Å². The summed E-state index contributed by atoms with van der Waals surface area (Å²) in [5.41, 5.74) is 0. The summed E-state index contributed by atoms with van der Waals surface area (Å²) in [6.45, 7) is 1.83. The maximum Gasteiger partial charge on any atom is 0.348 e. The summed E-state index contributed by atoms with van der Waals surface area (Å²) in [5.74, 6) is 0.314. The summed E-state index contributed by atoms with van der Waals surface area (Å²) in [5, 5.41) is 0. The SMILES string of the molecule is COC1=C(Br)C(=O)OC(C)C1. The molecule has 1 heterocycles. The zero-order valence-electron chi connectivity index (χ0n) is 6.39. The molecule has 0 bridgehead atoms. The third-order valence-corrected chi connectivity index (χ3v) is 2.22. The predicted octanol–water partition coefficient (Wildman–Crippen LogP) is 1.57. The van der Waals surface area contributed by atoms with Gasteiger partial charge in [0.15, 0.2) is 0 Å². The van der Waals surface area contributed by atoms with Crippen LogP contribution < -0.4 is 0 Å². The molecule has 0 amide bonds. The minimum Gasteiger partial charge on any atom is -0.499 e. The predicted molar refractivity (Wildman–Crippen MR) is 43.1 cm³/mol. The van der Waals surface area contributed by atoms with Crippen molar-refractivity contribution >= 4 is 21.9 Å². The highest BCUT2D eigenvalue weighted by atomic mass is 79.9. The fourth-order valence-electron chi connectivity index (χ4n) is 0.914. The zero-order valence-corrected chi connectivity index (χ0v) is 7.97. The normalized spacial score (nSPS) is 25.0. The van der Waals surface area contributed by atoms with E-state index in [1.54, 1.807) is 7.11 Å². The number of esters is 1. The Bertz CT molecular complexity index is 210. The number of carbonyl (C=O) groups is 1. The maximum absolute atomic E-state index is 11.0. The van der Waals surface area contributed by atoms with Crippen LogP contribution in [0.4, 0.5) is 0 Å². The Hall–Kier alpha value is -0.510. The van der Waals surface area contributed by atoms with E-state index >= 15 is 0 Å². The molecule has 0 aromatic carbocycles. The highest BCUT2D eigenvalue weighted by Crippen LogP contribution is 2.25. The molecule has 1 aliphatic rings. The average molecular weight is 221 g/mol. The number of hydrogen-bond donors (Lipinski definition) is 0. The molecule has 4 heteroatoms. The van der Waals surface area contributed by atoms with Crippen LogP contribution in [0.5, 0.6) is 0 Å². The molecule has 0 aromatic heterocycles. The number of cyclic esters (lactones) is 1. The van der Waals surface area contributed by atoms with Gasteiger partial charge >= 0.3 is 5.97 Å². The lowest BCUT2D eigenvalue weighted by Gasteiger charge is -2.20. The Morgan fingerprint density at radius 1 is 1.73 bits per heavy atom. The second-order valence-corrected chi connectivity index (χ2v) is 3.15. The number of carbonyl (C=O) groups excluding carboxylic acids is 1. The molecule has 1 atom stereocenters. The summed E-state index contributed by atoms with van der Waals surface area (Å²) < 4.78 is 10.3. The Morgan fingerprint density at radius 3 is 2.91 bits per heavy atom. The van der Waals surface area contributed by atoms with Gasteiger partial charge in [0.05, 0.1) is 7.11 Å². The summed E-state index contributed by atoms with van der Waals surface area (Å²) in [6.07, 6.45) is 0.557. The Balaban J connectivity index is 2.85. The Labute approximate surface area is 73.5 Å². The van der Waals surface area contributed by atoms with Crippen molar-refractivity contribution in [3.05, 3.63) is 10.2 Å². The van der Waals surface area contributed by atoms with Gasteiger partial charge in [-0.25, -0.2) is 4.79 Å². The van der Waals surface area contributed by atoms with Crippen LogP contribution in [0.15, 0.2) is 10.2 Å². The maximum atomic E-state index is 11.0. The van der Waals surface area contributed by atoms with Crippen LogP contribution in [0.25, 0.3) is 0 Å². The number of methoxy groups -OCH3 is 1. The highest BCUT2D eigenvalue weighted by Gasteiger charge is 2.25. The van der Waals surface area contributed by atoms with Crippen molar-refractivity contribution < 1.29 is 14.3 Å². The first-order valence-electron chi connectivity index (χ1n) is 3.28. The minimum atomic E-state index is -0.347. The van der Waals surface area contributed by atoms with Crippen LogP contribution in [0.2, 0.25) is 0 Å². The monoisotopic (exact) mass is 220 g/mol. The van der Waals surface area contributed by atoms with E-state index in [2.05, 4.69) is 15.9 Å². The first-order chi connectivity index (χ1) is 5.15. The lowest BCUT2D eigenvalue weighted by molar-refractivity contribution is -0.144. The third kappa shape index (κ3) is 1.74. The van der Waals surface area contributed by atoms with E-state index in [-0.39, 0.29) is 12.1 Å². The van der Waals surface area contributed by atoms with Crippen molar-refractivity contribution in [2.24, 2.45) is 0 Å². The first-order valence-corrected chi connectivity index (χ1v) is 4.08. The number of ether oxygens (including phenoxy) is 2. The van der Waals surface area contributed by atoms with Gasteiger partial charge in [-0.15, -0.1) is 0 Å². The fourth-order valence-corrected chi connectivity index (χ4v) is 1.33. The number of rotatable bonds is 1. The molecule has 0 N–H and O–H groups in total. The van der Waals surface area contributed by atoms with Crippen molar-refractivity contribution in [3.8, 4) is 0 Å². The van der Waals surface area contributed by atoms with E-state index in [1.165, 1.54) is 0 Å². The molecule has 0 saturated carbocycles. The Kier molecular flexibility index (Phi) is 2.54. The van der Waals surface area contributed by atoms with Crippen molar-refractivity contribution in [2.45, 2.75) is 19.4 Å². The highest BCUT2D eigenvalue weighted by molar-refractivity contribution is 9.12. The number of halogens is 1. The summed E-state index contributed by atoms with van der Waals surface area (Å²) in [7, 11) is 1.54. The van der Waals surface area contributed by atoms with Crippen molar-refractivity contribution in [1.82, 2.24) is 0 Å². The molecule has 0 spiro atoms. The quantitative estimate of drug-likeness (QED) is 0.630. The van der Waals surface area contributed by atoms with Crippen LogP contribution in [0.1, 0.15) is 13.3 Å². The van der Waals surface area contributed by atoms with Crippen LogP contribution in [-0.2, 0) is 14.3 Å². The van der Waals surface area contributed by atoms with Crippen LogP contribution >= 0.6 is 15.9 Å². The van der Waals surface area contributed by atoms with Crippen LogP contribution in [-0.4, -0.2) is 19.2 Å². The van der Waals surface area contributed by atoms with E-state index in [4.69, 9.17) is 9.47 Å². The van der Waals surface area contributed by atoms with Gasteiger partial charge in [-0.2, -0.15) is 0 Å². The lowest BCUT2D eigenvalue weighted by atomic mass is 10.2. The van der Waals surface area contributed by atoms with E-state index < -0.39 is 0 Å². The second kappa shape index (κ2) is 3.26. The van der Waals surface area contributed by atoms with Gasteiger partial charge in [-0.05, 0) is 22.9 Å². The largest absolute Gasteiger partial charge is 0.499 e. The summed E-state index contributed by atoms with van der Waals surface area (Å²) >= 11 is 3.09.